The van der Waals surface area contributed by atoms with Crippen molar-refractivity contribution in [2.45, 2.75) is 25.0 Å². The highest BCUT2D eigenvalue weighted by atomic mass is 16.5. The Morgan fingerprint density at radius 2 is 2.14 bits per heavy atom. The second-order valence-corrected chi connectivity index (χ2v) is 5.67. The Labute approximate surface area is 124 Å². The fourth-order valence-electron chi connectivity index (χ4n) is 3.45. The molecule has 0 aromatic heterocycles. The highest BCUT2D eigenvalue weighted by Crippen LogP contribution is 2.35. The monoisotopic (exact) mass is 288 g/mol. The SMILES string of the molecule is CO/C=C1\C[C@@H]2CN(Cc3ccccc3)C[C@H]1N2C(=O)O. The van der Waals surface area contributed by atoms with Crippen molar-refractivity contribution in [2.24, 2.45) is 0 Å². The number of ether oxygens (including phenoxy) is 1. The number of hydrogen-bond donors (Lipinski definition) is 1. The van der Waals surface area contributed by atoms with Gasteiger partial charge in [0, 0.05) is 19.6 Å². The van der Waals surface area contributed by atoms with Crippen LogP contribution in [0.3, 0.4) is 0 Å². The highest BCUT2D eigenvalue weighted by molar-refractivity contribution is 5.68. The van der Waals surface area contributed by atoms with Crippen molar-refractivity contribution < 1.29 is 14.6 Å². The summed E-state index contributed by atoms with van der Waals surface area (Å²) < 4.78 is 5.12. The molecule has 5 nitrogen and oxygen atoms in total. The van der Waals surface area contributed by atoms with Gasteiger partial charge in [-0.25, -0.2) is 4.79 Å². The van der Waals surface area contributed by atoms with Gasteiger partial charge in [-0.05, 0) is 17.6 Å². The van der Waals surface area contributed by atoms with Crippen LogP contribution in [0.15, 0.2) is 42.2 Å². The van der Waals surface area contributed by atoms with Crippen LogP contribution in [0.4, 0.5) is 4.79 Å². The van der Waals surface area contributed by atoms with Crippen molar-refractivity contribution in [3.05, 3.63) is 47.7 Å². The number of rotatable bonds is 3. The van der Waals surface area contributed by atoms with E-state index in [2.05, 4.69) is 17.0 Å². The lowest BCUT2D eigenvalue weighted by atomic mass is 10.1. The Morgan fingerprint density at radius 1 is 1.38 bits per heavy atom. The predicted octanol–water partition coefficient (Wildman–Crippen LogP) is 2.15. The maximum Gasteiger partial charge on any atom is 0.408 e. The number of fused-ring (bicyclic) bond motifs is 2. The molecule has 3 rings (SSSR count). The lowest BCUT2D eigenvalue weighted by Crippen LogP contribution is -2.55. The summed E-state index contributed by atoms with van der Waals surface area (Å²) in [6.45, 7) is 2.37. The molecule has 2 saturated heterocycles. The highest BCUT2D eigenvalue weighted by Gasteiger charge is 2.45. The van der Waals surface area contributed by atoms with Crippen molar-refractivity contribution in [3.8, 4) is 0 Å². The minimum Gasteiger partial charge on any atom is -0.504 e. The van der Waals surface area contributed by atoms with Crippen LogP contribution in [0.5, 0.6) is 0 Å². The molecule has 0 radical (unpaired) electrons. The van der Waals surface area contributed by atoms with Crippen LogP contribution >= 0.6 is 0 Å². The van der Waals surface area contributed by atoms with E-state index in [0.29, 0.717) is 0 Å². The number of benzene rings is 1. The molecule has 0 saturated carbocycles. The minimum absolute atomic E-state index is 0.0337. The average molecular weight is 288 g/mol. The first-order valence-corrected chi connectivity index (χ1v) is 7.18. The molecular formula is C16H20N2O3. The molecule has 2 aliphatic heterocycles. The van der Waals surface area contributed by atoms with Crippen LogP contribution in [-0.4, -0.2) is 53.3 Å². The van der Waals surface area contributed by atoms with Gasteiger partial charge in [-0.15, -0.1) is 0 Å². The van der Waals surface area contributed by atoms with E-state index in [9.17, 15) is 9.90 Å². The Hall–Kier alpha value is -2.01. The second kappa shape index (κ2) is 5.77. The molecule has 21 heavy (non-hydrogen) atoms. The number of hydrogen-bond acceptors (Lipinski definition) is 3. The van der Waals surface area contributed by atoms with E-state index in [1.54, 1.807) is 18.3 Å². The number of piperazine rings is 1. The lowest BCUT2D eigenvalue weighted by molar-refractivity contribution is 0.0627. The third-order valence-corrected chi connectivity index (χ3v) is 4.27. The van der Waals surface area contributed by atoms with Gasteiger partial charge in [0.2, 0.25) is 0 Å². The van der Waals surface area contributed by atoms with Crippen LogP contribution in [-0.2, 0) is 11.3 Å². The van der Waals surface area contributed by atoms with E-state index < -0.39 is 6.09 Å². The number of amides is 1. The Morgan fingerprint density at radius 3 is 2.81 bits per heavy atom. The van der Waals surface area contributed by atoms with E-state index >= 15 is 0 Å². The van der Waals surface area contributed by atoms with Crippen molar-refractivity contribution in [1.82, 2.24) is 9.80 Å². The van der Waals surface area contributed by atoms with Crippen LogP contribution in [0.2, 0.25) is 0 Å². The fraction of sp³-hybridized carbons (Fsp3) is 0.438. The van der Waals surface area contributed by atoms with Gasteiger partial charge >= 0.3 is 6.09 Å². The zero-order valence-corrected chi connectivity index (χ0v) is 12.1. The molecule has 1 aromatic rings. The maximum atomic E-state index is 11.5. The summed E-state index contributed by atoms with van der Waals surface area (Å²) in [7, 11) is 1.61. The summed E-state index contributed by atoms with van der Waals surface area (Å²) >= 11 is 0. The summed E-state index contributed by atoms with van der Waals surface area (Å²) in [5.41, 5.74) is 2.35. The molecule has 1 amide bonds. The van der Waals surface area contributed by atoms with Crippen molar-refractivity contribution in [1.29, 1.82) is 0 Å². The maximum absolute atomic E-state index is 11.5. The predicted molar refractivity (Wildman–Crippen MR) is 78.9 cm³/mol. The molecule has 0 aliphatic carbocycles. The van der Waals surface area contributed by atoms with E-state index in [1.807, 2.05) is 18.2 Å². The largest absolute Gasteiger partial charge is 0.504 e. The third kappa shape index (κ3) is 2.74. The Bertz CT molecular complexity index is 544. The number of likely N-dealkylation sites (tertiary alicyclic amines) is 1. The summed E-state index contributed by atoms with van der Waals surface area (Å²) in [5.74, 6) is 0. The first-order valence-electron chi connectivity index (χ1n) is 7.18. The van der Waals surface area contributed by atoms with E-state index in [0.717, 1.165) is 31.6 Å². The van der Waals surface area contributed by atoms with Gasteiger partial charge in [0.1, 0.15) is 0 Å². The van der Waals surface area contributed by atoms with Gasteiger partial charge in [-0.2, -0.15) is 0 Å². The molecule has 112 valence electrons. The van der Waals surface area contributed by atoms with Gasteiger partial charge in [0.25, 0.3) is 0 Å². The average Bonchev–Trinajstić information content (AvgIpc) is 2.69. The zero-order valence-electron chi connectivity index (χ0n) is 12.1. The van der Waals surface area contributed by atoms with E-state index in [4.69, 9.17) is 4.74 Å². The zero-order chi connectivity index (χ0) is 14.8. The lowest BCUT2D eigenvalue weighted by Gasteiger charge is -2.39. The first-order chi connectivity index (χ1) is 10.2. The van der Waals surface area contributed by atoms with Gasteiger partial charge in [0.05, 0.1) is 25.5 Å². The van der Waals surface area contributed by atoms with Crippen molar-refractivity contribution >= 4 is 6.09 Å². The first kappa shape index (κ1) is 13.9. The molecule has 5 heteroatoms. The molecule has 2 aliphatic rings. The van der Waals surface area contributed by atoms with E-state index in [1.165, 1.54) is 5.56 Å². The standard InChI is InChI=1S/C16H20N2O3/c1-21-11-13-7-14-9-17(8-12-5-3-2-4-6-12)10-15(13)18(14)16(19)20/h2-6,11,14-15H,7-10H2,1H3,(H,19,20)/b13-11+/t14-,15-/m1/s1. The molecular weight excluding hydrogens is 268 g/mol. The topological polar surface area (TPSA) is 53.0 Å². The van der Waals surface area contributed by atoms with Crippen LogP contribution in [0.25, 0.3) is 0 Å². The van der Waals surface area contributed by atoms with Gasteiger partial charge < -0.3 is 9.84 Å². The third-order valence-electron chi connectivity index (χ3n) is 4.27. The number of methoxy groups -OCH3 is 1. The molecule has 0 unspecified atom stereocenters. The second-order valence-electron chi connectivity index (χ2n) is 5.67. The summed E-state index contributed by atoms with van der Waals surface area (Å²) in [6, 6.07) is 10.3. The molecule has 2 bridgehead atoms. The quantitative estimate of drug-likeness (QED) is 0.866. The Kier molecular flexibility index (Phi) is 3.84. The van der Waals surface area contributed by atoms with Crippen LogP contribution in [0.1, 0.15) is 12.0 Å². The van der Waals surface area contributed by atoms with Crippen molar-refractivity contribution in [3.63, 3.8) is 0 Å². The normalized spacial score (nSPS) is 27.1. The minimum atomic E-state index is -0.830. The van der Waals surface area contributed by atoms with Crippen LogP contribution < -0.4 is 0 Å². The van der Waals surface area contributed by atoms with E-state index in [-0.39, 0.29) is 12.1 Å². The molecule has 2 fully saturated rings. The summed E-state index contributed by atoms with van der Waals surface area (Å²) in [5, 5.41) is 9.42. The summed E-state index contributed by atoms with van der Waals surface area (Å²) in [4.78, 5) is 15.4. The fourth-order valence-corrected chi connectivity index (χ4v) is 3.45. The van der Waals surface area contributed by atoms with Crippen molar-refractivity contribution in [2.75, 3.05) is 20.2 Å². The Balaban J connectivity index is 1.76. The van der Waals surface area contributed by atoms with Gasteiger partial charge in [0.15, 0.2) is 0 Å². The smallest absolute Gasteiger partial charge is 0.408 e. The molecule has 2 atom stereocenters. The van der Waals surface area contributed by atoms with Gasteiger partial charge in [-0.1, -0.05) is 30.3 Å². The van der Waals surface area contributed by atoms with Crippen LogP contribution in [0, 0.1) is 0 Å². The molecule has 1 aromatic carbocycles. The molecule has 1 N–H and O–H groups in total. The molecule has 2 heterocycles. The van der Waals surface area contributed by atoms with Gasteiger partial charge in [-0.3, -0.25) is 9.80 Å². The molecule has 0 spiro atoms. The number of carbonyl (C=O) groups is 1. The number of nitrogens with zero attached hydrogens (tertiary/aromatic N) is 2. The number of carboxylic acid groups (broad SMARTS) is 1. The summed E-state index contributed by atoms with van der Waals surface area (Å²) in [6.07, 6.45) is 1.66.